The van der Waals surface area contributed by atoms with Crippen LogP contribution < -0.4 is 14.8 Å². The van der Waals surface area contributed by atoms with E-state index in [0.717, 1.165) is 5.56 Å². The van der Waals surface area contributed by atoms with Crippen LogP contribution in [-0.4, -0.2) is 20.8 Å². The monoisotopic (exact) mass is 206 g/mol. The lowest BCUT2D eigenvalue weighted by Gasteiger charge is -2.12. The van der Waals surface area contributed by atoms with Crippen LogP contribution in [0.25, 0.3) is 0 Å². The molecule has 80 valence electrons. The summed E-state index contributed by atoms with van der Waals surface area (Å²) >= 11 is 0. The van der Waals surface area contributed by atoms with Gasteiger partial charge >= 0.3 is 0 Å². The number of para-hydroxylation sites is 1. The Morgan fingerprint density at radius 3 is 2.73 bits per heavy atom. The predicted molar refractivity (Wildman–Crippen MR) is 56.9 cm³/mol. The third-order valence-electron chi connectivity index (χ3n) is 2.00. The number of hydrogen-bond acceptors (Lipinski definition) is 4. The molecule has 4 heteroatoms. The van der Waals surface area contributed by atoms with E-state index in [1.54, 1.807) is 14.2 Å². The summed E-state index contributed by atoms with van der Waals surface area (Å²) in [7, 11) is 3.20. The first-order valence-corrected chi connectivity index (χ1v) is 4.61. The van der Waals surface area contributed by atoms with Gasteiger partial charge in [0, 0.05) is 12.1 Å². The molecule has 0 bridgehead atoms. The van der Waals surface area contributed by atoms with Crippen LogP contribution in [0.1, 0.15) is 5.56 Å². The molecule has 0 aliphatic rings. The molecule has 0 atom stereocenters. The van der Waals surface area contributed by atoms with Gasteiger partial charge < -0.3 is 14.8 Å². The molecule has 0 amide bonds. The first-order valence-electron chi connectivity index (χ1n) is 4.61. The minimum atomic E-state index is 0.320. The van der Waals surface area contributed by atoms with E-state index in [-0.39, 0.29) is 0 Å². The fraction of sp³-hybridized carbons (Fsp3) is 0.364. The van der Waals surface area contributed by atoms with Crippen molar-refractivity contribution in [1.82, 2.24) is 5.32 Å². The Labute approximate surface area is 89.4 Å². The van der Waals surface area contributed by atoms with Crippen LogP contribution in [0.2, 0.25) is 0 Å². The minimum absolute atomic E-state index is 0.320. The highest BCUT2D eigenvalue weighted by Crippen LogP contribution is 2.30. The van der Waals surface area contributed by atoms with Gasteiger partial charge in [-0.05, 0) is 6.07 Å². The summed E-state index contributed by atoms with van der Waals surface area (Å²) in [5.74, 6) is 1.42. The molecule has 0 radical (unpaired) electrons. The van der Waals surface area contributed by atoms with E-state index < -0.39 is 0 Å². The lowest BCUT2D eigenvalue weighted by molar-refractivity contribution is 0.351. The number of benzene rings is 1. The van der Waals surface area contributed by atoms with Gasteiger partial charge in [0.05, 0.1) is 26.8 Å². The predicted octanol–water partition coefficient (Wildman–Crippen LogP) is 1.32. The first-order chi connectivity index (χ1) is 7.33. The van der Waals surface area contributed by atoms with Gasteiger partial charge in [0.1, 0.15) is 0 Å². The van der Waals surface area contributed by atoms with Crippen LogP contribution in [0.3, 0.4) is 0 Å². The van der Waals surface area contributed by atoms with E-state index in [1.807, 2.05) is 24.3 Å². The Morgan fingerprint density at radius 1 is 1.33 bits per heavy atom. The summed E-state index contributed by atoms with van der Waals surface area (Å²) in [4.78, 5) is 0. The lowest BCUT2D eigenvalue weighted by atomic mass is 10.2. The third-order valence-corrected chi connectivity index (χ3v) is 2.00. The second-order valence-electron chi connectivity index (χ2n) is 2.91. The minimum Gasteiger partial charge on any atom is -0.493 e. The summed E-state index contributed by atoms with van der Waals surface area (Å²) in [5, 5.41) is 11.4. The van der Waals surface area contributed by atoms with Crippen molar-refractivity contribution in [2.45, 2.75) is 6.54 Å². The number of methoxy groups -OCH3 is 2. The Balaban J connectivity index is 2.82. The molecule has 0 saturated heterocycles. The molecule has 0 spiro atoms. The Bertz CT molecular complexity index is 358. The van der Waals surface area contributed by atoms with E-state index in [9.17, 15) is 0 Å². The number of nitriles is 1. The molecule has 0 saturated carbocycles. The molecule has 0 fully saturated rings. The van der Waals surface area contributed by atoms with E-state index in [1.165, 1.54) is 0 Å². The highest BCUT2D eigenvalue weighted by atomic mass is 16.5. The van der Waals surface area contributed by atoms with Crippen molar-refractivity contribution < 1.29 is 9.47 Å². The quantitative estimate of drug-likeness (QED) is 0.583. The molecule has 0 unspecified atom stereocenters. The Kier molecular flexibility index (Phi) is 4.45. The lowest BCUT2D eigenvalue weighted by Crippen LogP contribution is -2.13. The molecular weight excluding hydrogens is 192 g/mol. The van der Waals surface area contributed by atoms with Gasteiger partial charge in [0.15, 0.2) is 11.5 Å². The molecular formula is C11H14N2O2. The SMILES string of the molecule is COc1cccc(CNCC#N)c1OC. The van der Waals surface area contributed by atoms with E-state index in [2.05, 4.69) is 5.32 Å². The van der Waals surface area contributed by atoms with Gasteiger partial charge in [-0.3, -0.25) is 0 Å². The average Bonchev–Trinajstić information content (AvgIpc) is 2.29. The van der Waals surface area contributed by atoms with Crippen molar-refractivity contribution in [3.05, 3.63) is 23.8 Å². The van der Waals surface area contributed by atoms with Gasteiger partial charge in [-0.25, -0.2) is 0 Å². The van der Waals surface area contributed by atoms with E-state index in [0.29, 0.717) is 24.6 Å². The topological polar surface area (TPSA) is 54.3 Å². The number of nitrogens with one attached hydrogen (secondary N) is 1. The molecule has 0 heterocycles. The summed E-state index contributed by atoms with van der Waals surface area (Å²) in [5.41, 5.74) is 0.979. The van der Waals surface area contributed by atoms with Gasteiger partial charge in [-0.2, -0.15) is 5.26 Å². The molecule has 15 heavy (non-hydrogen) atoms. The van der Waals surface area contributed by atoms with Gasteiger partial charge in [-0.15, -0.1) is 0 Å². The second-order valence-corrected chi connectivity index (χ2v) is 2.91. The number of ether oxygens (including phenoxy) is 2. The van der Waals surface area contributed by atoms with Crippen molar-refractivity contribution in [2.24, 2.45) is 0 Å². The van der Waals surface area contributed by atoms with E-state index in [4.69, 9.17) is 14.7 Å². The zero-order chi connectivity index (χ0) is 11.1. The summed E-state index contributed by atoms with van der Waals surface area (Å²) in [6, 6.07) is 7.69. The molecule has 1 rings (SSSR count). The van der Waals surface area contributed by atoms with Gasteiger partial charge in [-0.1, -0.05) is 12.1 Å². The molecule has 1 aromatic carbocycles. The Morgan fingerprint density at radius 2 is 2.13 bits per heavy atom. The van der Waals surface area contributed by atoms with Crippen molar-refractivity contribution in [1.29, 1.82) is 5.26 Å². The highest BCUT2D eigenvalue weighted by Gasteiger charge is 2.08. The number of hydrogen-bond donors (Lipinski definition) is 1. The van der Waals surface area contributed by atoms with E-state index >= 15 is 0 Å². The summed E-state index contributed by atoms with van der Waals surface area (Å²) in [6.45, 7) is 0.911. The fourth-order valence-electron chi connectivity index (χ4n) is 1.35. The van der Waals surface area contributed by atoms with Gasteiger partial charge in [0.25, 0.3) is 0 Å². The normalized spacial score (nSPS) is 9.40. The van der Waals surface area contributed by atoms with Crippen molar-refractivity contribution in [3.63, 3.8) is 0 Å². The Hall–Kier alpha value is -1.73. The number of rotatable bonds is 5. The third kappa shape index (κ3) is 2.86. The summed E-state index contributed by atoms with van der Waals surface area (Å²) in [6.07, 6.45) is 0. The molecule has 0 aromatic heterocycles. The molecule has 1 N–H and O–H groups in total. The maximum atomic E-state index is 8.40. The first kappa shape index (κ1) is 11.3. The molecule has 1 aromatic rings. The van der Waals surface area contributed by atoms with Gasteiger partial charge in [0.2, 0.25) is 0 Å². The average molecular weight is 206 g/mol. The van der Waals surface area contributed by atoms with Crippen molar-refractivity contribution in [2.75, 3.05) is 20.8 Å². The van der Waals surface area contributed by atoms with Crippen LogP contribution in [0.15, 0.2) is 18.2 Å². The zero-order valence-electron chi connectivity index (χ0n) is 8.91. The van der Waals surface area contributed by atoms with Crippen LogP contribution >= 0.6 is 0 Å². The van der Waals surface area contributed by atoms with Crippen molar-refractivity contribution in [3.8, 4) is 17.6 Å². The van der Waals surface area contributed by atoms with Crippen molar-refractivity contribution >= 4 is 0 Å². The highest BCUT2D eigenvalue weighted by molar-refractivity contribution is 5.46. The molecule has 4 nitrogen and oxygen atoms in total. The largest absolute Gasteiger partial charge is 0.493 e. The summed E-state index contributed by atoms with van der Waals surface area (Å²) < 4.78 is 10.4. The molecule has 0 aliphatic carbocycles. The van der Waals surface area contributed by atoms with Crippen LogP contribution in [0.4, 0.5) is 0 Å². The molecule has 0 aliphatic heterocycles. The maximum absolute atomic E-state index is 8.40. The second kappa shape index (κ2) is 5.89. The standard InChI is InChI=1S/C11H14N2O2/c1-14-10-5-3-4-9(11(10)15-2)8-13-7-6-12/h3-5,13H,7-8H2,1-2H3. The fourth-order valence-corrected chi connectivity index (χ4v) is 1.35. The van der Waals surface area contributed by atoms with Crippen LogP contribution in [0.5, 0.6) is 11.5 Å². The smallest absolute Gasteiger partial charge is 0.165 e. The number of nitrogens with zero attached hydrogens (tertiary/aromatic N) is 1. The zero-order valence-corrected chi connectivity index (χ0v) is 8.91. The van der Waals surface area contributed by atoms with Crippen LogP contribution in [-0.2, 0) is 6.54 Å². The maximum Gasteiger partial charge on any atom is 0.165 e. The van der Waals surface area contributed by atoms with Crippen LogP contribution in [0, 0.1) is 11.3 Å².